The molecule has 3 rings (SSSR count). The van der Waals surface area contributed by atoms with E-state index in [1.54, 1.807) is 0 Å². The van der Waals surface area contributed by atoms with Crippen LogP contribution < -0.4 is 15.2 Å². The van der Waals surface area contributed by atoms with E-state index in [1.807, 2.05) is 6.07 Å². The molecule has 4 nitrogen and oxygen atoms in total. The van der Waals surface area contributed by atoms with E-state index in [0.29, 0.717) is 34.9 Å². The number of nitrogens with two attached hydrogens (primary N) is 1. The highest BCUT2D eigenvalue weighted by Crippen LogP contribution is 2.51. The molecule has 102 valence electrons. The first-order valence-electron chi connectivity index (χ1n) is 6.50. The minimum atomic E-state index is -0.0944. The molecule has 2 aliphatic rings. The van der Waals surface area contributed by atoms with Crippen LogP contribution in [0.25, 0.3) is 0 Å². The first kappa shape index (κ1) is 12.8. The lowest BCUT2D eigenvalue weighted by Gasteiger charge is -2.29. The van der Waals surface area contributed by atoms with Crippen LogP contribution in [0.1, 0.15) is 41.6 Å². The molecule has 1 saturated carbocycles. The Morgan fingerprint density at radius 2 is 2.00 bits per heavy atom. The van der Waals surface area contributed by atoms with E-state index in [2.05, 4.69) is 0 Å². The molecule has 0 amide bonds. The van der Waals surface area contributed by atoms with Gasteiger partial charge in [-0.3, -0.25) is 4.79 Å². The molecule has 1 aliphatic carbocycles. The Labute approximate surface area is 116 Å². The molecule has 0 aromatic heterocycles. The third kappa shape index (κ3) is 1.82. The number of hydrogen-bond donors (Lipinski definition) is 1. The minimum absolute atomic E-state index is 0.0944. The van der Waals surface area contributed by atoms with Gasteiger partial charge in [0.1, 0.15) is 0 Å². The Morgan fingerprint density at radius 1 is 1.32 bits per heavy atom. The maximum absolute atomic E-state index is 11.1. The summed E-state index contributed by atoms with van der Waals surface area (Å²) in [5.41, 5.74) is 7.27. The molecule has 0 bridgehead atoms. The van der Waals surface area contributed by atoms with Crippen LogP contribution in [0.4, 0.5) is 0 Å². The predicted molar refractivity (Wildman–Crippen MR) is 72.2 cm³/mol. The van der Waals surface area contributed by atoms with E-state index in [0.717, 1.165) is 31.2 Å². The van der Waals surface area contributed by atoms with E-state index in [1.165, 1.54) is 0 Å². The molecule has 1 aromatic rings. The maximum Gasteiger partial charge on any atom is 0.231 e. The molecule has 0 spiro atoms. The Hall–Kier alpha value is -1.26. The molecule has 0 saturated heterocycles. The summed E-state index contributed by atoms with van der Waals surface area (Å²) in [6.07, 6.45) is 5.06. The molecule has 0 unspecified atom stereocenters. The second kappa shape index (κ2) is 4.69. The van der Waals surface area contributed by atoms with Gasteiger partial charge in [-0.2, -0.15) is 0 Å². The SMILES string of the molecule is NCC1(c2cc(Cl)c(C=O)c3c2OCO3)CCCC1. The number of ether oxygens (including phenoxy) is 2. The summed E-state index contributed by atoms with van der Waals surface area (Å²) in [4.78, 5) is 11.1. The van der Waals surface area contributed by atoms with Gasteiger partial charge in [0.25, 0.3) is 0 Å². The minimum Gasteiger partial charge on any atom is -0.453 e. The van der Waals surface area contributed by atoms with Crippen molar-refractivity contribution in [2.45, 2.75) is 31.1 Å². The van der Waals surface area contributed by atoms with Crippen LogP contribution in [0.15, 0.2) is 6.07 Å². The number of fused-ring (bicyclic) bond motifs is 1. The molecule has 1 aromatic carbocycles. The summed E-state index contributed by atoms with van der Waals surface area (Å²) in [5, 5.41) is 0.411. The molecule has 19 heavy (non-hydrogen) atoms. The van der Waals surface area contributed by atoms with Crippen LogP contribution in [0.2, 0.25) is 5.02 Å². The third-order valence-corrected chi connectivity index (χ3v) is 4.58. The van der Waals surface area contributed by atoms with Crippen LogP contribution in [0.3, 0.4) is 0 Å². The fourth-order valence-electron chi connectivity index (χ4n) is 3.20. The van der Waals surface area contributed by atoms with Crippen molar-refractivity contribution in [3.63, 3.8) is 0 Å². The lowest BCUT2D eigenvalue weighted by atomic mass is 9.78. The fraction of sp³-hybridized carbons (Fsp3) is 0.500. The molecule has 1 fully saturated rings. The van der Waals surface area contributed by atoms with Crippen molar-refractivity contribution in [1.29, 1.82) is 0 Å². The van der Waals surface area contributed by atoms with Crippen molar-refractivity contribution < 1.29 is 14.3 Å². The van der Waals surface area contributed by atoms with Gasteiger partial charge in [0, 0.05) is 17.5 Å². The first-order chi connectivity index (χ1) is 9.22. The van der Waals surface area contributed by atoms with Crippen molar-refractivity contribution in [3.8, 4) is 11.5 Å². The standard InChI is InChI=1S/C14H16ClNO3/c15-11-5-10(14(7-16)3-1-2-4-14)13-12(9(11)6-17)18-8-19-13/h5-6H,1-4,7-8,16H2. The lowest BCUT2D eigenvalue weighted by molar-refractivity contribution is 0.111. The summed E-state index contributed by atoms with van der Waals surface area (Å²) in [5.74, 6) is 1.12. The van der Waals surface area contributed by atoms with Gasteiger partial charge in [-0.25, -0.2) is 0 Å². The second-order valence-corrected chi connectivity index (χ2v) is 5.60. The highest BCUT2D eigenvalue weighted by Gasteiger charge is 2.40. The number of hydrogen-bond acceptors (Lipinski definition) is 4. The topological polar surface area (TPSA) is 61.6 Å². The van der Waals surface area contributed by atoms with Gasteiger partial charge >= 0.3 is 0 Å². The van der Waals surface area contributed by atoms with Gasteiger partial charge < -0.3 is 15.2 Å². The van der Waals surface area contributed by atoms with Gasteiger partial charge in [0.2, 0.25) is 6.79 Å². The number of carbonyl (C=O) groups excluding carboxylic acids is 1. The summed E-state index contributed by atoms with van der Waals surface area (Å²) in [6, 6.07) is 1.83. The lowest BCUT2D eigenvalue weighted by Crippen LogP contribution is -2.32. The van der Waals surface area contributed by atoms with Crippen LogP contribution in [0.5, 0.6) is 11.5 Å². The van der Waals surface area contributed by atoms with E-state index >= 15 is 0 Å². The van der Waals surface area contributed by atoms with Crippen LogP contribution in [0, 0.1) is 0 Å². The number of benzene rings is 1. The highest BCUT2D eigenvalue weighted by atomic mass is 35.5. The van der Waals surface area contributed by atoms with Crippen LogP contribution >= 0.6 is 11.6 Å². The zero-order valence-electron chi connectivity index (χ0n) is 10.6. The van der Waals surface area contributed by atoms with Gasteiger partial charge in [-0.05, 0) is 18.9 Å². The summed E-state index contributed by atoms with van der Waals surface area (Å²) in [7, 11) is 0. The van der Waals surface area contributed by atoms with E-state index < -0.39 is 0 Å². The molecular formula is C14H16ClNO3. The molecule has 2 N–H and O–H groups in total. The van der Waals surface area contributed by atoms with Crippen molar-refractivity contribution in [3.05, 3.63) is 22.2 Å². The first-order valence-corrected chi connectivity index (χ1v) is 6.87. The van der Waals surface area contributed by atoms with Crippen LogP contribution in [-0.2, 0) is 5.41 Å². The fourth-order valence-corrected chi connectivity index (χ4v) is 3.44. The highest BCUT2D eigenvalue weighted by molar-refractivity contribution is 6.33. The Kier molecular flexibility index (Phi) is 3.15. The van der Waals surface area contributed by atoms with E-state index in [4.69, 9.17) is 26.8 Å². The number of halogens is 1. The van der Waals surface area contributed by atoms with Crippen molar-refractivity contribution in [2.24, 2.45) is 5.73 Å². The van der Waals surface area contributed by atoms with Gasteiger partial charge in [-0.15, -0.1) is 0 Å². The van der Waals surface area contributed by atoms with E-state index in [-0.39, 0.29) is 12.2 Å². The quantitative estimate of drug-likeness (QED) is 0.865. The van der Waals surface area contributed by atoms with E-state index in [9.17, 15) is 4.79 Å². The monoisotopic (exact) mass is 281 g/mol. The zero-order valence-corrected chi connectivity index (χ0v) is 11.3. The largest absolute Gasteiger partial charge is 0.453 e. The molecule has 0 atom stereocenters. The molecule has 1 aliphatic heterocycles. The van der Waals surface area contributed by atoms with Crippen LogP contribution in [-0.4, -0.2) is 19.6 Å². The number of carbonyl (C=O) groups is 1. The van der Waals surface area contributed by atoms with Crippen molar-refractivity contribution in [2.75, 3.05) is 13.3 Å². The number of rotatable bonds is 3. The molecule has 5 heteroatoms. The second-order valence-electron chi connectivity index (χ2n) is 5.19. The molecular weight excluding hydrogens is 266 g/mol. The third-order valence-electron chi connectivity index (χ3n) is 4.27. The Bertz CT molecular complexity index is 524. The summed E-state index contributed by atoms with van der Waals surface area (Å²) in [6.45, 7) is 0.684. The average Bonchev–Trinajstić information content (AvgIpc) is 3.07. The van der Waals surface area contributed by atoms with Gasteiger partial charge in [0.15, 0.2) is 17.8 Å². The summed E-state index contributed by atoms with van der Waals surface area (Å²) < 4.78 is 11.0. The predicted octanol–water partition coefficient (Wildman–Crippen LogP) is 2.65. The normalized spacial score (nSPS) is 19.7. The molecule has 0 radical (unpaired) electrons. The number of aldehydes is 1. The Balaban J connectivity index is 2.20. The average molecular weight is 282 g/mol. The smallest absolute Gasteiger partial charge is 0.231 e. The van der Waals surface area contributed by atoms with Gasteiger partial charge in [-0.1, -0.05) is 24.4 Å². The van der Waals surface area contributed by atoms with Gasteiger partial charge in [0.05, 0.1) is 10.6 Å². The maximum atomic E-state index is 11.1. The van der Waals surface area contributed by atoms with Crippen molar-refractivity contribution >= 4 is 17.9 Å². The Morgan fingerprint density at radius 3 is 2.63 bits per heavy atom. The molecule has 1 heterocycles. The zero-order chi connectivity index (χ0) is 13.5. The van der Waals surface area contributed by atoms with Crippen molar-refractivity contribution in [1.82, 2.24) is 0 Å². The summed E-state index contributed by atoms with van der Waals surface area (Å²) >= 11 is 6.20.